The van der Waals surface area contributed by atoms with Crippen LogP contribution in [0.25, 0.3) is 0 Å². The number of aliphatic hydroxyl groups is 1. The molecule has 0 bridgehead atoms. The number of methoxy groups -OCH3 is 1. The van der Waals surface area contributed by atoms with E-state index in [1.807, 2.05) is 16.7 Å². The van der Waals surface area contributed by atoms with Gasteiger partial charge in [-0.2, -0.15) is 11.8 Å². The average molecular weight is 261 g/mol. The maximum atomic E-state index is 11.5. The number of rotatable bonds is 6. The summed E-state index contributed by atoms with van der Waals surface area (Å²) in [6.45, 7) is 5.82. The smallest absolute Gasteiger partial charge is 0.323 e. The van der Waals surface area contributed by atoms with Gasteiger partial charge in [0.2, 0.25) is 0 Å². The van der Waals surface area contributed by atoms with Crippen LogP contribution in [0.15, 0.2) is 0 Å². The summed E-state index contributed by atoms with van der Waals surface area (Å²) in [5.74, 6) is 2.61. The van der Waals surface area contributed by atoms with Gasteiger partial charge in [0.25, 0.3) is 0 Å². The first-order valence-corrected chi connectivity index (χ1v) is 7.27. The maximum absolute atomic E-state index is 11.5. The van der Waals surface area contributed by atoms with Crippen LogP contribution in [0.1, 0.15) is 20.3 Å². The molecule has 0 aliphatic carbocycles. The van der Waals surface area contributed by atoms with Crippen molar-refractivity contribution in [2.24, 2.45) is 5.92 Å². The summed E-state index contributed by atoms with van der Waals surface area (Å²) >= 11 is 1.90. The Labute approximate surface area is 108 Å². The number of nitrogens with zero attached hydrogens (tertiary/aromatic N) is 1. The predicted octanol–water partition coefficient (Wildman–Crippen LogP) is 0.984. The Kier molecular flexibility index (Phi) is 6.30. The van der Waals surface area contributed by atoms with E-state index in [9.17, 15) is 9.90 Å². The van der Waals surface area contributed by atoms with E-state index in [4.69, 9.17) is 4.74 Å². The van der Waals surface area contributed by atoms with Crippen molar-refractivity contribution in [3.05, 3.63) is 0 Å². The van der Waals surface area contributed by atoms with Crippen LogP contribution in [0.3, 0.4) is 0 Å². The molecule has 0 aromatic rings. The largest absolute Gasteiger partial charge is 0.468 e. The van der Waals surface area contributed by atoms with Gasteiger partial charge in [-0.25, -0.2) is 0 Å². The Morgan fingerprint density at radius 1 is 1.59 bits per heavy atom. The second-order valence-electron chi connectivity index (χ2n) is 4.89. The van der Waals surface area contributed by atoms with E-state index < -0.39 is 6.10 Å². The Hall–Kier alpha value is -0.260. The Morgan fingerprint density at radius 3 is 2.88 bits per heavy atom. The zero-order chi connectivity index (χ0) is 12.8. The summed E-state index contributed by atoms with van der Waals surface area (Å²) in [6.07, 6.45) is 0.107. The molecule has 2 atom stereocenters. The van der Waals surface area contributed by atoms with Crippen LogP contribution in [-0.2, 0) is 9.53 Å². The van der Waals surface area contributed by atoms with Gasteiger partial charge in [-0.05, 0) is 11.7 Å². The molecule has 0 aromatic heterocycles. The lowest BCUT2D eigenvalue weighted by Crippen LogP contribution is -2.38. The minimum absolute atomic E-state index is 0.226. The van der Waals surface area contributed by atoms with E-state index in [1.165, 1.54) is 7.11 Å². The topological polar surface area (TPSA) is 49.8 Å². The molecule has 17 heavy (non-hydrogen) atoms. The molecular formula is C12H23NO3S. The summed E-state index contributed by atoms with van der Waals surface area (Å²) in [7, 11) is 1.40. The highest BCUT2D eigenvalue weighted by molar-refractivity contribution is 7.99. The van der Waals surface area contributed by atoms with Crippen molar-refractivity contribution in [3.63, 3.8) is 0 Å². The fourth-order valence-electron chi connectivity index (χ4n) is 2.01. The maximum Gasteiger partial charge on any atom is 0.323 e. The molecule has 0 radical (unpaired) electrons. The molecule has 1 aliphatic heterocycles. The standard InChI is InChI=1S/C12H23NO3S/c1-9(2)8-17-5-4-13-7-10(14)6-11(13)12(15)16-3/h9-11,14H,4-8H2,1-3H3/t10-,11-/m1/s1. The monoisotopic (exact) mass is 261 g/mol. The Bertz CT molecular complexity index is 248. The van der Waals surface area contributed by atoms with Gasteiger partial charge in [0.15, 0.2) is 0 Å². The fourth-order valence-corrected chi connectivity index (χ4v) is 3.01. The molecule has 1 N–H and O–H groups in total. The van der Waals surface area contributed by atoms with Gasteiger partial charge in [0.05, 0.1) is 13.2 Å². The van der Waals surface area contributed by atoms with Crippen molar-refractivity contribution < 1.29 is 14.6 Å². The van der Waals surface area contributed by atoms with Gasteiger partial charge in [0.1, 0.15) is 6.04 Å². The van der Waals surface area contributed by atoms with Crippen molar-refractivity contribution in [2.45, 2.75) is 32.4 Å². The van der Waals surface area contributed by atoms with E-state index in [-0.39, 0.29) is 12.0 Å². The molecule has 1 saturated heterocycles. The normalized spacial score (nSPS) is 25.5. The zero-order valence-electron chi connectivity index (χ0n) is 10.9. The van der Waals surface area contributed by atoms with Gasteiger partial charge >= 0.3 is 5.97 Å². The molecule has 0 spiro atoms. The minimum atomic E-state index is -0.394. The number of aliphatic hydroxyl groups excluding tert-OH is 1. The third kappa shape index (κ3) is 4.85. The molecule has 1 heterocycles. The van der Waals surface area contributed by atoms with Gasteiger partial charge in [-0.3, -0.25) is 9.69 Å². The van der Waals surface area contributed by atoms with Crippen molar-refractivity contribution >= 4 is 17.7 Å². The van der Waals surface area contributed by atoms with Gasteiger partial charge < -0.3 is 9.84 Å². The molecule has 100 valence electrons. The number of esters is 1. The van der Waals surface area contributed by atoms with Crippen LogP contribution in [0.5, 0.6) is 0 Å². The number of hydrogen-bond acceptors (Lipinski definition) is 5. The highest BCUT2D eigenvalue weighted by Crippen LogP contribution is 2.19. The molecule has 0 saturated carbocycles. The van der Waals surface area contributed by atoms with Crippen molar-refractivity contribution in [1.29, 1.82) is 0 Å². The van der Waals surface area contributed by atoms with E-state index >= 15 is 0 Å². The highest BCUT2D eigenvalue weighted by Gasteiger charge is 2.36. The quantitative estimate of drug-likeness (QED) is 0.570. The number of ether oxygens (including phenoxy) is 1. The molecule has 5 heteroatoms. The van der Waals surface area contributed by atoms with E-state index in [0.717, 1.165) is 18.1 Å². The first kappa shape index (κ1) is 14.8. The van der Waals surface area contributed by atoms with Gasteiger partial charge in [-0.1, -0.05) is 13.8 Å². The number of carbonyl (C=O) groups excluding carboxylic acids is 1. The zero-order valence-corrected chi connectivity index (χ0v) is 11.7. The van der Waals surface area contributed by atoms with Gasteiger partial charge in [0, 0.05) is 25.3 Å². The second-order valence-corrected chi connectivity index (χ2v) is 6.04. The summed E-state index contributed by atoms with van der Waals surface area (Å²) in [4.78, 5) is 13.6. The van der Waals surface area contributed by atoms with Gasteiger partial charge in [-0.15, -0.1) is 0 Å². The molecular weight excluding hydrogens is 238 g/mol. The molecule has 1 rings (SSSR count). The lowest BCUT2D eigenvalue weighted by atomic mass is 10.2. The average Bonchev–Trinajstić information content (AvgIpc) is 2.64. The van der Waals surface area contributed by atoms with Crippen LogP contribution < -0.4 is 0 Å². The molecule has 0 aromatic carbocycles. The third-order valence-corrected chi connectivity index (χ3v) is 4.20. The number of thioether (sulfide) groups is 1. The van der Waals surface area contributed by atoms with Crippen molar-refractivity contribution in [2.75, 3.05) is 31.7 Å². The lowest BCUT2D eigenvalue weighted by Gasteiger charge is -2.21. The first-order chi connectivity index (χ1) is 8.04. The molecule has 0 unspecified atom stereocenters. The SMILES string of the molecule is COC(=O)[C@H]1C[C@@H](O)CN1CCSCC(C)C. The summed E-state index contributed by atoms with van der Waals surface area (Å²) in [6, 6.07) is -0.255. The highest BCUT2D eigenvalue weighted by atomic mass is 32.2. The fraction of sp³-hybridized carbons (Fsp3) is 0.917. The summed E-state index contributed by atoms with van der Waals surface area (Å²) in [5.41, 5.74) is 0. The van der Waals surface area contributed by atoms with Crippen molar-refractivity contribution in [1.82, 2.24) is 4.90 Å². The van der Waals surface area contributed by atoms with Crippen LogP contribution in [0.4, 0.5) is 0 Å². The number of likely N-dealkylation sites (tertiary alicyclic amines) is 1. The second kappa shape index (κ2) is 7.24. The summed E-state index contributed by atoms with van der Waals surface area (Å²) in [5, 5.41) is 9.60. The van der Waals surface area contributed by atoms with E-state index in [1.54, 1.807) is 0 Å². The molecule has 1 aliphatic rings. The first-order valence-electron chi connectivity index (χ1n) is 6.12. The number of hydrogen-bond donors (Lipinski definition) is 1. The molecule has 0 amide bonds. The van der Waals surface area contributed by atoms with Crippen LogP contribution >= 0.6 is 11.8 Å². The number of carbonyl (C=O) groups is 1. The van der Waals surface area contributed by atoms with E-state index in [2.05, 4.69) is 13.8 Å². The minimum Gasteiger partial charge on any atom is -0.468 e. The van der Waals surface area contributed by atoms with E-state index in [0.29, 0.717) is 18.9 Å². The Balaban J connectivity index is 2.32. The lowest BCUT2D eigenvalue weighted by molar-refractivity contribution is -0.145. The predicted molar refractivity (Wildman–Crippen MR) is 70.2 cm³/mol. The molecule has 1 fully saturated rings. The van der Waals surface area contributed by atoms with Crippen molar-refractivity contribution in [3.8, 4) is 0 Å². The Morgan fingerprint density at radius 2 is 2.29 bits per heavy atom. The van der Waals surface area contributed by atoms with Crippen LogP contribution in [-0.4, -0.2) is 59.8 Å². The molecule has 4 nitrogen and oxygen atoms in total. The third-order valence-electron chi connectivity index (χ3n) is 2.83. The van der Waals surface area contributed by atoms with Crippen LogP contribution in [0, 0.1) is 5.92 Å². The van der Waals surface area contributed by atoms with Crippen LogP contribution in [0.2, 0.25) is 0 Å². The summed E-state index contributed by atoms with van der Waals surface area (Å²) < 4.78 is 4.76. The number of β-amino-alcohol motifs (C(OH)–C–C–N with tert-alkyl or cyclic N) is 1.